The van der Waals surface area contributed by atoms with Gasteiger partial charge in [-0.2, -0.15) is 13.4 Å². The number of rotatable bonds is 7. The highest BCUT2D eigenvalue weighted by Gasteiger charge is 2.21. The molecule has 0 aliphatic heterocycles. The second-order valence-corrected chi connectivity index (χ2v) is 9.27. The summed E-state index contributed by atoms with van der Waals surface area (Å²) in [5.41, 5.74) is 0.404. The number of aryl methyl sites for hydroxylation is 2. The van der Waals surface area contributed by atoms with Crippen LogP contribution in [0, 0.1) is 6.92 Å². The van der Waals surface area contributed by atoms with Crippen molar-refractivity contribution in [1.29, 1.82) is 0 Å². The third kappa shape index (κ3) is 4.65. The van der Waals surface area contributed by atoms with Gasteiger partial charge in [0.25, 0.3) is 10.0 Å². The van der Waals surface area contributed by atoms with Gasteiger partial charge in [0.05, 0.1) is 0 Å². The van der Waals surface area contributed by atoms with E-state index in [9.17, 15) is 8.42 Å². The summed E-state index contributed by atoms with van der Waals surface area (Å²) < 4.78 is 37.4. The fraction of sp³-hybridized carbons (Fsp3) is 0.227. The number of ether oxygens (including phenoxy) is 1. The molecule has 9 nitrogen and oxygen atoms in total. The number of anilines is 1. The number of imidazole rings is 1. The number of sulfonamides is 1. The van der Waals surface area contributed by atoms with E-state index in [1.54, 1.807) is 48.9 Å². The molecule has 10 heteroatoms. The molecule has 0 fully saturated rings. The molecule has 4 rings (SSSR count). The Bertz CT molecular complexity index is 1330. The Hall–Kier alpha value is -3.66. The van der Waals surface area contributed by atoms with Crippen LogP contribution in [0.15, 0.2) is 66.1 Å². The van der Waals surface area contributed by atoms with E-state index in [0.29, 0.717) is 34.8 Å². The standard InChI is InChI=1S/C22H24N6O3S/c1-15(2)22-25-21(14-27(22)4)32(29,30)26-17-7-9-18(10-8-17)31-20-13-19(23-16(3)24-20)28-11-5-6-12-28/h5-15,26H,1-4H3. The van der Waals surface area contributed by atoms with E-state index >= 15 is 0 Å². The summed E-state index contributed by atoms with van der Waals surface area (Å²) in [6.07, 6.45) is 5.28. The molecule has 3 aromatic heterocycles. The fourth-order valence-corrected chi connectivity index (χ4v) is 4.30. The van der Waals surface area contributed by atoms with Gasteiger partial charge in [-0.1, -0.05) is 13.8 Å². The van der Waals surface area contributed by atoms with Crippen molar-refractivity contribution in [2.75, 3.05) is 4.72 Å². The highest BCUT2D eigenvalue weighted by Crippen LogP contribution is 2.25. The van der Waals surface area contributed by atoms with Crippen LogP contribution in [0.3, 0.4) is 0 Å². The molecule has 1 N–H and O–H groups in total. The second-order valence-electron chi connectivity index (χ2n) is 7.64. The van der Waals surface area contributed by atoms with E-state index in [-0.39, 0.29) is 10.9 Å². The highest BCUT2D eigenvalue weighted by atomic mass is 32.2. The Morgan fingerprint density at radius 1 is 1.03 bits per heavy atom. The Kier molecular flexibility index (Phi) is 5.70. The molecule has 0 aliphatic rings. The maximum absolute atomic E-state index is 12.7. The molecule has 4 aromatic rings. The summed E-state index contributed by atoms with van der Waals surface area (Å²) in [6.45, 7) is 5.72. The first-order valence-corrected chi connectivity index (χ1v) is 11.5. The molecular weight excluding hydrogens is 428 g/mol. The number of hydrogen-bond acceptors (Lipinski definition) is 6. The van der Waals surface area contributed by atoms with Crippen LogP contribution in [0.1, 0.15) is 31.4 Å². The topological polar surface area (TPSA) is 104 Å². The Labute approximate surface area is 186 Å². The molecule has 32 heavy (non-hydrogen) atoms. The number of nitrogens with one attached hydrogen (secondary N) is 1. The van der Waals surface area contributed by atoms with Crippen molar-refractivity contribution in [1.82, 2.24) is 24.1 Å². The van der Waals surface area contributed by atoms with Crippen LogP contribution in [0.25, 0.3) is 5.82 Å². The molecule has 3 heterocycles. The average Bonchev–Trinajstić information content (AvgIpc) is 3.39. The quantitative estimate of drug-likeness (QED) is 0.454. The van der Waals surface area contributed by atoms with E-state index < -0.39 is 10.0 Å². The lowest BCUT2D eigenvalue weighted by molar-refractivity contribution is 0.459. The van der Waals surface area contributed by atoms with Gasteiger partial charge in [-0.3, -0.25) is 4.72 Å². The summed E-state index contributed by atoms with van der Waals surface area (Å²) in [5, 5.41) is -0.0157. The molecule has 0 atom stereocenters. The third-order valence-corrected chi connectivity index (χ3v) is 5.93. The molecule has 0 saturated heterocycles. The van der Waals surface area contributed by atoms with Gasteiger partial charge < -0.3 is 13.9 Å². The summed E-state index contributed by atoms with van der Waals surface area (Å²) in [5.74, 6) is 3.00. The molecule has 0 amide bonds. The Morgan fingerprint density at radius 3 is 2.34 bits per heavy atom. The third-order valence-electron chi connectivity index (χ3n) is 4.68. The van der Waals surface area contributed by atoms with Crippen LogP contribution in [-0.2, 0) is 17.1 Å². The van der Waals surface area contributed by atoms with E-state index in [1.807, 2.05) is 42.9 Å². The molecule has 1 aromatic carbocycles. The predicted molar refractivity (Wildman–Crippen MR) is 121 cm³/mol. The van der Waals surface area contributed by atoms with E-state index in [2.05, 4.69) is 19.7 Å². The van der Waals surface area contributed by atoms with Crippen LogP contribution >= 0.6 is 0 Å². The van der Waals surface area contributed by atoms with Gasteiger partial charge in [-0.05, 0) is 43.3 Å². The van der Waals surface area contributed by atoms with Gasteiger partial charge in [0.15, 0.2) is 5.03 Å². The SMILES string of the molecule is Cc1nc(Oc2ccc(NS(=O)(=O)c3cn(C)c(C(C)C)n3)cc2)cc(-n2cccc2)n1. The summed E-state index contributed by atoms with van der Waals surface area (Å²) in [6, 6.07) is 12.1. The van der Waals surface area contributed by atoms with Crippen LogP contribution in [0.2, 0.25) is 0 Å². The van der Waals surface area contributed by atoms with Crippen molar-refractivity contribution in [2.24, 2.45) is 7.05 Å². The van der Waals surface area contributed by atoms with Crippen molar-refractivity contribution in [3.63, 3.8) is 0 Å². The summed E-state index contributed by atoms with van der Waals surface area (Å²) in [7, 11) is -2.02. The molecule has 0 aliphatic carbocycles. The lowest BCUT2D eigenvalue weighted by Crippen LogP contribution is -2.13. The number of nitrogens with zero attached hydrogens (tertiary/aromatic N) is 5. The smallest absolute Gasteiger partial charge is 0.280 e. The van der Waals surface area contributed by atoms with Crippen LogP contribution in [0.4, 0.5) is 5.69 Å². The molecule has 166 valence electrons. The molecule has 0 saturated carbocycles. The zero-order valence-electron chi connectivity index (χ0n) is 18.2. The average molecular weight is 453 g/mol. The summed E-state index contributed by atoms with van der Waals surface area (Å²) >= 11 is 0. The molecule has 0 spiro atoms. The molecule has 0 radical (unpaired) electrons. The molecular formula is C22H24N6O3S. The molecule has 0 unspecified atom stereocenters. The fourth-order valence-electron chi connectivity index (χ4n) is 3.23. The van der Waals surface area contributed by atoms with E-state index in [0.717, 1.165) is 0 Å². The minimum Gasteiger partial charge on any atom is -0.439 e. The first-order chi connectivity index (χ1) is 15.2. The maximum atomic E-state index is 12.7. The van der Waals surface area contributed by atoms with Crippen LogP contribution in [0.5, 0.6) is 11.6 Å². The maximum Gasteiger partial charge on any atom is 0.280 e. The monoisotopic (exact) mass is 452 g/mol. The van der Waals surface area contributed by atoms with Crippen molar-refractivity contribution >= 4 is 15.7 Å². The zero-order valence-corrected chi connectivity index (χ0v) is 19.0. The number of aromatic nitrogens is 5. The lowest BCUT2D eigenvalue weighted by Gasteiger charge is -2.10. The van der Waals surface area contributed by atoms with Crippen molar-refractivity contribution in [2.45, 2.75) is 31.7 Å². The number of benzene rings is 1. The van der Waals surface area contributed by atoms with E-state index in [4.69, 9.17) is 4.74 Å². The zero-order chi connectivity index (χ0) is 22.9. The first kappa shape index (κ1) is 21.6. The van der Waals surface area contributed by atoms with Crippen molar-refractivity contribution in [3.05, 3.63) is 72.7 Å². The van der Waals surface area contributed by atoms with Gasteiger partial charge in [0, 0.05) is 43.3 Å². The second kappa shape index (κ2) is 8.46. The van der Waals surface area contributed by atoms with Gasteiger partial charge in [-0.25, -0.2) is 9.97 Å². The van der Waals surface area contributed by atoms with Crippen LogP contribution in [-0.4, -0.2) is 32.5 Å². The Morgan fingerprint density at radius 2 is 1.72 bits per heavy atom. The minimum absolute atomic E-state index is 0.0157. The first-order valence-electron chi connectivity index (χ1n) is 10.0. The van der Waals surface area contributed by atoms with Crippen molar-refractivity contribution in [3.8, 4) is 17.4 Å². The van der Waals surface area contributed by atoms with E-state index in [1.165, 1.54) is 6.20 Å². The largest absolute Gasteiger partial charge is 0.439 e. The van der Waals surface area contributed by atoms with Gasteiger partial charge in [0.2, 0.25) is 5.88 Å². The van der Waals surface area contributed by atoms with Gasteiger partial charge >= 0.3 is 0 Å². The highest BCUT2D eigenvalue weighted by molar-refractivity contribution is 7.92. The van der Waals surface area contributed by atoms with Crippen LogP contribution < -0.4 is 9.46 Å². The number of hydrogen-bond donors (Lipinski definition) is 1. The lowest BCUT2D eigenvalue weighted by atomic mass is 10.2. The normalized spacial score (nSPS) is 11.7. The Balaban J connectivity index is 1.50. The van der Waals surface area contributed by atoms with Gasteiger partial charge in [0.1, 0.15) is 23.2 Å². The van der Waals surface area contributed by atoms with Gasteiger partial charge in [-0.15, -0.1) is 0 Å². The minimum atomic E-state index is -3.80. The predicted octanol–water partition coefficient (Wildman–Crippen LogP) is 4.03. The molecule has 0 bridgehead atoms. The van der Waals surface area contributed by atoms with Crippen molar-refractivity contribution < 1.29 is 13.2 Å². The summed E-state index contributed by atoms with van der Waals surface area (Å²) in [4.78, 5) is 13.0.